The van der Waals surface area contributed by atoms with Crippen molar-refractivity contribution >= 4 is 11.6 Å². The molecule has 138 valence electrons. The average Bonchev–Trinajstić information content (AvgIpc) is 2.67. The van der Waals surface area contributed by atoms with Crippen LogP contribution in [0, 0.1) is 6.92 Å². The summed E-state index contributed by atoms with van der Waals surface area (Å²) in [7, 11) is 1.86. The fraction of sp³-hybridized carbons (Fsp3) is 0.409. The highest BCUT2D eigenvalue weighted by Crippen LogP contribution is 2.16. The summed E-state index contributed by atoms with van der Waals surface area (Å²) in [5.41, 5.74) is 3.62. The average molecular weight is 351 g/mol. The van der Waals surface area contributed by atoms with E-state index in [-0.39, 0.29) is 11.9 Å². The molecule has 0 aromatic heterocycles. The number of benzene rings is 2. The number of carbonyl (C=O) groups excluding carboxylic acids is 1. The van der Waals surface area contributed by atoms with Gasteiger partial charge in [0.1, 0.15) is 0 Å². The number of amides is 1. The van der Waals surface area contributed by atoms with Crippen molar-refractivity contribution in [2.45, 2.75) is 26.4 Å². The van der Waals surface area contributed by atoms with Crippen molar-refractivity contribution in [1.82, 2.24) is 9.80 Å². The van der Waals surface area contributed by atoms with Crippen LogP contribution in [0.15, 0.2) is 54.6 Å². The molecule has 3 rings (SSSR count). The normalized spacial score (nSPS) is 17.0. The van der Waals surface area contributed by atoms with Gasteiger partial charge in [-0.1, -0.05) is 48.0 Å². The van der Waals surface area contributed by atoms with E-state index in [9.17, 15) is 4.79 Å². The molecular weight excluding hydrogens is 322 g/mol. The lowest BCUT2D eigenvalue weighted by molar-refractivity contribution is -0.123. The van der Waals surface area contributed by atoms with E-state index in [1.165, 1.54) is 11.1 Å². The lowest BCUT2D eigenvalue weighted by Crippen LogP contribution is -2.53. The second-order valence-electron chi connectivity index (χ2n) is 7.21. The lowest BCUT2D eigenvalue weighted by Gasteiger charge is -2.38. The van der Waals surface area contributed by atoms with Crippen molar-refractivity contribution in [3.8, 4) is 0 Å². The zero-order chi connectivity index (χ0) is 18.5. The summed E-state index contributed by atoms with van der Waals surface area (Å²) in [6.07, 6.45) is 0. The number of rotatable bonds is 5. The topological polar surface area (TPSA) is 26.8 Å². The Morgan fingerprint density at radius 3 is 2.38 bits per heavy atom. The number of para-hydroxylation sites is 1. The fourth-order valence-corrected chi connectivity index (χ4v) is 3.59. The molecule has 0 bridgehead atoms. The van der Waals surface area contributed by atoms with E-state index in [4.69, 9.17) is 0 Å². The van der Waals surface area contributed by atoms with Gasteiger partial charge in [0.2, 0.25) is 5.91 Å². The predicted molar refractivity (Wildman–Crippen MR) is 107 cm³/mol. The van der Waals surface area contributed by atoms with E-state index in [0.717, 1.165) is 38.4 Å². The van der Waals surface area contributed by atoms with Gasteiger partial charge in [0.15, 0.2) is 0 Å². The monoisotopic (exact) mass is 351 g/mol. The number of aryl methyl sites for hydroxylation is 1. The van der Waals surface area contributed by atoms with E-state index in [0.29, 0.717) is 0 Å². The second kappa shape index (κ2) is 8.47. The Bertz CT molecular complexity index is 723. The SMILES string of the molecule is Cc1cccc(CN2CCN(C(C)C(=O)N(C)c3ccccc3)CC2)c1. The molecule has 26 heavy (non-hydrogen) atoms. The van der Waals surface area contributed by atoms with Gasteiger partial charge in [-0.25, -0.2) is 0 Å². The van der Waals surface area contributed by atoms with Crippen LogP contribution in [-0.4, -0.2) is 55.0 Å². The zero-order valence-corrected chi connectivity index (χ0v) is 16.1. The lowest BCUT2D eigenvalue weighted by atomic mass is 10.1. The molecule has 2 aromatic rings. The Morgan fingerprint density at radius 1 is 1.04 bits per heavy atom. The quantitative estimate of drug-likeness (QED) is 0.828. The third kappa shape index (κ3) is 4.51. The fourth-order valence-electron chi connectivity index (χ4n) is 3.59. The van der Waals surface area contributed by atoms with Crippen LogP contribution < -0.4 is 4.90 Å². The van der Waals surface area contributed by atoms with E-state index in [1.54, 1.807) is 4.90 Å². The number of anilines is 1. The minimum absolute atomic E-state index is 0.0960. The number of piperazine rings is 1. The predicted octanol–water partition coefficient (Wildman–Crippen LogP) is 3.16. The molecule has 0 radical (unpaired) electrons. The number of carbonyl (C=O) groups is 1. The summed E-state index contributed by atoms with van der Waals surface area (Å²) < 4.78 is 0. The van der Waals surface area contributed by atoms with Gasteiger partial charge < -0.3 is 4.90 Å². The molecule has 0 saturated carbocycles. The van der Waals surface area contributed by atoms with Gasteiger partial charge in [-0.3, -0.25) is 14.6 Å². The molecule has 1 fully saturated rings. The molecule has 0 spiro atoms. The first-order valence-corrected chi connectivity index (χ1v) is 9.39. The maximum absolute atomic E-state index is 12.8. The first kappa shape index (κ1) is 18.6. The third-order valence-electron chi connectivity index (χ3n) is 5.27. The Kier molecular flexibility index (Phi) is 6.07. The Hall–Kier alpha value is -2.17. The molecule has 4 nitrogen and oxygen atoms in total. The van der Waals surface area contributed by atoms with Crippen molar-refractivity contribution in [2.75, 3.05) is 38.1 Å². The highest BCUT2D eigenvalue weighted by atomic mass is 16.2. The van der Waals surface area contributed by atoms with Crippen molar-refractivity contribution in [3.63, 3.8) is 0 Å². The number of likely N-dealkylation sites (N-methyl/N-ethyl adjacent to an activating group) is 1. The van der Waals surface area contributed by atoms with Gasteiger partial charge in [0.05, 0.1) is 6.04 Å². The molecule has 1 saturated heterocycles. The molecule has 4 heteroatoms. The molecule has 1 aliphatic heterocycles. The number of hydrogen-bond acceptors (Lipinski definition) is 3. The van der Waals surface area contributed by atoms with Gasteiger partial charge >= 0.3 is 0 Å². The van der Waals surface area contributed by atoms with Gasteiger partial charge in [-0.2, -0.15) is 0 Å². The van der Waals surface area contributed by atoms with Crippen LogP contribution in [0.5, 0.6) is 0 Å². The molecule has 2 aromatic carbocycles. The summed E-state index contributed by atoms with van der Waals surface area (Å²) >= 11 is 0. The highest BCUT2D eigenvalue weighted by Gasteiger charge is 2.27. The largest absolute Gasteiger partial charge is 0.314 e. The second-order valence-corrected chi connectivity index (χ2v) is 7.21. The van der Waals surface area contributed by atoms with Crippen LogP contribution in [0.25, 0.3) is 0 Å². The molecule has 1 heterocycles. The van der Waals surface area contributed by atoms with Gasteiger partial charge in [-0.15, -0.1) is 0 Å². The van der Waals surface area contributed by atoms with Crippen LogP contribution in [0.4, 0.5) is 5.69 Å². The standard InChI is InChI=1S/C22H29N3O/c1-18-8-7-9-20(16-18)17-24-12-14-25(15-13-24)19(2)22(26)23(3)21-10-5-4-6-11-21/h4-11,16,19H,12-15,17H2,1-3H3. The van der Waals surface area contributed by atoms with Crippen molar-refractivity contribution in [2.24, 2.45) is 0 Å². The maximum atomic E-state index is 12.8. The molecule has 0 N–H and O–H groups in total. The number of hydrogen-bond donors (Lipinski definition) is 0. The molecule has 1 unspecified atom stereocenters. The Labute approximate surface area is 157 Å². The van der Waals surface area contributed by atoms with Gasteiger partial charge in [-0.05, 0) is 31.5 Å². The van der Waals surface area contributed by atoms with E-state index in [1.807, 2.05) is 44.3 Å². The highest BCUT2D eigenvalue weighted by molar-refractivity contribution is 5.96. The smallest absolute Gasteiger partial charge is 0.243 e. The maximum Gasteiger partial charge on any atom is 0.243 e. The van der Waals surface area contributed by atoms with E-state index in [2.05, 4.69) is 41.0 Å². The number of nitrogens with zero attached hydrogens (tertiary/aromatic N) is 3. The Morgan fingerprint density at radius 2 is 1.73 bits per heavy atom. The summed E-state index contributed by atoms with van der Waals surface area (Å²) in [5.74, 6) is 0.156. The van der Waals surface area contributed by atoms with Crippen molar-refractivity contribution < 1.29 is 4.79 Å². The van der Waals surface area contributed by atoms with Crippen LogP contribution in [0.1, 0.15) is 18.1 Å². The zero-order valence-electron chi connectivity index (χ0n) is 16.1. The first-order valence-electron chi connectivity index (χ1n) is 9.39. The molecule has 0 aliphatic carbocycles. The van der Waals surface area contributed by atoms with Crippen LogP contribution >= 0.6 is 0 Å². The Balaban J connectivity index is 1.53. The third-order valence-corrected chi connectivity index (χ3v) is 5.27. The molecule has 1 aliphatic rings. The first-order chi connectivity index (χ1) is 12.5. The van der Waals surface area contributed by atoms with Gasteiger partial charge in [0, 0.05) is 45.5 Å². The van der Waals surface area contributed by atoms with Gasteiger partial charge in [0.25, 0.3) is 0 Å². The summed E-state index contributed by atoms with van der Waals surface area (Å²) in [6, 6.07) is 18.5. The minimum Gasteiger partial charge on any atom is -0.314 e. The molecule has 1 amide bonds. The van der Waals surface area contributed by atoms with Crippen LogP contribution in [-0.2, 0) is 11.3 Å². The van der Waals surface area contributed by atoms with Crippen molar-refractivity contribution in [3.05, 3.63) is 65.7 Å². The van der Waals surface area contributed by atoms with Crippen LogP contribution in [0.3, 0.4) is 0 Å². The summed E-state index contributed by atoms with van der Waals surface area (Å²) in [5, 5.41) is 0. The van der Waals surface area contributed by atoms with E-state index < -0.39 is 0 Å². The summed E-state index contributed by atoms with van der Waals surface area (Å²) in [6.45, 7) is 9.02. The van der Waals surface area contributed by atoms with E-state index >= 15 is 0 Å². The van der Waals surface area contributed by atoms with Crippen LogP contribution in [0.2, 0.25) is 0 Å². The summed E-state index contributed by atoms with van der Waals surface area (Å²) in [4.78, 5) is 19.4. The molecular formula is C22H29N3O. The van der Waals surface area contributed by atoms with Crippen molar-refractivity contribution in [1.29, 1.82) is 0 Å². The molecule has 1 atom stereocenters. The minimum atomic E-state index is -0.0960.